The standard InChI is InChI=1S/C21H25FN2O2/c1-15-9-11-24(12-10-15)18-6-4-17(5-7-18)23-21(25)14-16-3-8-20(26-2)19(22)13-16/h3-8,13,15H,9-12,14H2,1-2H3,(H,23,25). The number of hydrogen-bond acceptors (Lipinski definition) is 3. The Morgan fingerprint density at radius 2 is 1.88 bits per heavy atom. The first-order valence-corrected chi connectivity index (χ1v) is 9.02. The van der Waals surface area contributed by atoms with E-state index in [4.69, 9.17) is 4.74 Å². The van der Waals surface area contributed by atoms with Crippen molar-refractivity contribution in [3.8, 4) is 5.75 Å². The van der Waals surface area contributed by atoms with E-state index in [1.54, 1.807) is 6.07 Å². The Bertz CT molecular complexity index is 753. The van der Waals surface area contributed by atoms with Crippen LogP contribution in [0.15, 0.2) is 42.5 Å². The van der Waals surface area contributed by atoms with Gasteiger partial charge in [0.05, 0.1) is 13.5 Å². The van der Waals surface area contributed by atoms with Crippen LogP contribution in [0.4, 0.5) is 15.8 Å². The highest BCUT2D eigenvalue weighted by atomic mass is 19.1. The van der Waals surface area contributed by atoms with E-state index < -0.39 is 5.82 Å². The highest BCUT2D eigenvalue weighted by Crippen LogP contribution is 2.24. The first-order valence-electron chi connectivity index (χ1n) is 9.02. The van der Waals surface area contributed by atoms with Gasteiger partial charge in [-0.1, -0.05) is 13.0 Å². The molecule has 1 aliphatic rings. The summed E-state index contributed by atoms with van der Waals surface area (Å²) in [6.07, 6.45) is 2.56. The largest absolute Gasteiger partial charge is 0.494 e. The van der Waals surface area contributed by atoms with Crippen molar-refractivity contribution in [2.24, 2.45) is 5.92 Å². The average molecular weight is 356 g/mol. The average Bonchev–Trinajstić information content (AvgIpc) is 2.63. The van der Waals surface area contributed by atoms with Gasteiger partial charge in [-0.3, -0.25) is 4.79 Å². The molecule has 1 amide bonds. The molecule has 1 heterocycles. The van der Waals surface area contributed by atoms with Gasteiger partial charge < -0.3 is 15.0 Å². The molecule has 0 saturated carbocycles. The molecule has 4 nitrogen and oxygen atoms in total. The third-order valence-electron chi connectivity index (χ3n) is 4.88. The molecule has 138 valence electrons. The first-order chi connectivity index (χ1) is 12.5. The van der Waals surface area contributed by atoms with Crippen LogP contribution in [0.5, 0.6) is 5.75 Å². The Morgan fingerprint density at radius 3 is 2.50 bits per heavy atom. The third kappa shape index (κ3) is 4.54. The third-order valence-corrected chi connectivity index (χ3v) is 4.88. The molecule has 0 unspecified atom stereocenters. The number of piperidine rings is 1. The number of amides is 1. The van der Waals surface area contributed by atoms with Crippen LogP contribution >= 0.6 is 0 Å². The molecule has 0 radical (unpaired) electrons. The lowest BCUT2D eigenvalue weighted by Crippen LogP contribution is -2.32. The van der Waals surface area contributed by atoms with Gasteiger partial charge in [-0.05, 0) is 60.7 Å². The summed E-state index contributed by atoms with van der Waals surface area (Å²) in [5.74, 6) is 0.344. The van der Waals surface area contributed by atoms with Crippen molar-refractivity contribution in [2.45, 2.75) is 26.2 Å². The summed E-state index contributed by atoms with van der Waals surface area (Å²) in [5.41, 5.74) is 2.55. The van der Waals surface area contributed by atoms with Crippen molar-refractivity contribution < 1.29 is 13.9 Å². The fraction of sp³-hybridized carbons (Fsp3) is 0.381. The van der Waals surface area contributed by atoms with Crippen LogP contribution in [0.1, 0.15) is 25.3 Å². The quantitative estimate of drug-likeness (QED) is 0.871. The summed E-state index contributed by atoms with van der Waals surface area (Å²) >= 11 is 0. The van der Waals surface area contributed by atoms with Crippen molar-refractivity contribution in [1.82, 2.24) is 0 Å². The van der Waals surface area contributed by atoms with Gasteiger partial charge in [0.2, 0.25) is 5.91 Å². The number of carbonyl (C=O) groups excluding carboxylic acids is 1. The number of methoxy groups -OCH3 is 1. The summed E-state index contributed by atoms with van der Waals surface area (Å²) in [7, 11) is 1.42. The van der Waals surface area contributed by atoms with Crippen LogP contribution in [0.25, 0.3) is 0 Å². The number of nitrogens with one attached hydrogen (secondary N) is 1. The number of benzene rings is 2. The second-order valence-corrected chi connectivity index (χ2v) is 6.91. The lowest BCUT2D eigenvalue weighted by Gasteiger charge is -2.32. The molecular weight excluding hydrogens is 331 g/mol. The summed E-state index contributed by atoms with van der Waals surface area (Å²) in [6, 6.07) is 12.5. The number of anilines is 2. The zero-order valence-electron chi connectivity index (χ0n) is 15.3. The Hall–Kier alpha value is -2.56. The molecule has 0 bridgehead atoms. The molecule has 1 aliphatic heterocycles. The number of carbonyl (C=O) groups is 1. The van der Waals surface area contributed by atoms with Crippen molar-refractivity contribution in [3.63, 3.8) is 0 Å². The fourth-order valence-electron chi connectivity index (χ4n) is 3.23. The number of ether oxygens (including phenoxy) is 1. The molecule has 1 N–H and O–H groups in total. The van der Waals surface area contributed by atoms with E-state index in [1.165, 1.54) is 37.8 Å². The van der Waals surface area contributed by atoms with E-state index in [9.17, 15) is 9.18 Å². The van der Waals surface area contributed by atoms with E-state index in [0.29, 0.717) is 5.56 Å². The normalized spacial score (nSPS) is 15.0. The van der Waals surface area contributed by atoms with Crippen molar-refractivity contribution in [1.29, 1.82) is 0 Å². The zero-order valence-corrected chi connectivity index (χ0v) is 15.3. The van der Waals surface area contributed by atoms with Gasteiger partial charge in [0.1, 0.15) is 0 Å². The maximum absolute atomic E-state index is 13.7. The van der Waals surface area contributed by atoms with Crippen LogP contribution in [0.3, 0.4) is 0 Å². The Kier molecular flexibility index (Phi) is 5.76. The zero-order chi connectivity index (χ0) is 18.5. The molecule has 0 atom stereocenters. The van der Waals surface area contributed by atoms with E-state index in [1.807, 2.05) is 24.3 Å². The molecule has 26 heavy (non-hydrogen) atoms. The Morgan fingerprint density at radius 1 is 1.19 bits per heavy atom. The smallest absolute Gasteiger partial charge is 0.228 e. The Labute approximate surface area is 154 Å². The monoisotopic (exact) mass is 356 g/mol. The van der Waals surface area contributed by atoms with Gasteiger partial charge in [0.15, 0.2) is 11.6 Å². The summed E-state index contributed by atoms with van der Waals surface area (Å²) in [6.45, 7) is 4.45. The summed E-state index contributed by atoms with van der Waals surface area (Å²) in [4.78, 5) is 14.6. The van der Waals surface area contributed by atoms with Crippen LogP contribution in [-0.2, 0) is 11.2 Å². The molecule has 2 aromatic carbocycles. The highest BCUT2D eigenvalue weighted by Gasteiger charge is 2.16. The molecule has 1 fully saturated rings. The molecule has 0 spiro atoms. The predicted octanol–water partition coefficient (Wildman–Crippen LogP) is 4.25. The van der Waals surface area contributed by atoms with Crippen molar-refractivity contribution in [2.75, 3.05) is 30.4 Å². The minimum atomic E-state index is -0.460. The first kappa shape index (κ1) is 18.2. The van der Waals surface area contributed by atoms with Crippen LogP contribution in [-0.4, -0.2) is 26.1 Å². The Balaban J connectivity index is 1.56. The number of rotatable bonds is 5. The van der Waals surface area contributed by atoms with Gasteiger partial charge in [-0.15, -0.1) is 0 Å². The van der Waals surface area contributed by atoms with E-state index in [2.05, 4.69) is 17.1 Å². The second-order valence-electron chi connectivity index (χ2n) is 6.91. The number of halogens is 1. The molecular formula is C21H25FN2O2. The summed E-state index contributed by atoms with van der Waals surface area (Å²) in [5, 5.41) is 2.86. The summed E-state index contributed by atoms with van der Waals surface area (Å²) < 4.78 is 18.6. The van der Waals surface area contributed by atoms with Gasteiger partial charge in [-0.25, -0.2) is 4.39 Å². The SMILES string of the molecule is COc1ccc(CC(=O)Nc2ccc(N3CCC(C)CC3)cc2)cc1F. The van der Waals surface area contributed by atoms with Gasteiger partial charge in [-0.2, -0.15) is 0 Å². The minimum Gasteiger partial charge on any atom is -0.494 e. The molecule has 0 aromatic heterocycles. The lowest BCUT2D eigenvalue weighted by atomic mass is 9.99. The van der Waals surface area contributed by atoms with Crippen molar-refractivity contribution in [3.05, 3.63) is 53.8 Å². The number of hydrogen-bond donors (Lipinski definition) is 1. The highest BCUT2D eigenvalue weighted by molar-refractivity contribution is 5.92. The minimum absolute atomic E-state index is 0.118. The van der Waals surface area contributed by atoms with Crippen LogP contribution < -0.4 is 15.0 Å². The van der Waals surface area contributed by atoms with E-state index in [-0.39, 0.29) is 18.1 Å². The molecule has 1 saturated heterocycles. The lowest BCUT2D eigenvalue weighted by molar-refractivity contribution is -0.115. The second kappa shape index (κ2) is 8.21. The molecule has 2 aromatic rings. The number of nitrogens with zero attached hydrogens (tertiary/aromatic N) is 1. The maximum Gasteiger partial charge on any atom is 0.228 e. The maximum atomic E-state index is 13.7. The topological polar surface area (TPSA) is 41.6 Å². The van der Waals surface area contributed by atoms with Crippen LogP contribution in [0, 0.1) is 11.7 Å². The van der Waals surface area contributed by atoms with Gasteiger partial charge in [0.25, 0.3) is 0 Å². The van der Waals surface area contributed by atoms with Gasteiger partial charge in [0, 0.05) is 24.5 Å². The molecule has 0 aliphatic carbocycles. The predicted molar refractivity (Wildman–Crippen MR) is 102 cm³/mol. The fourth-order valence-corrected chi connectivity index (χ4v) is 3.23. The molecule has 5 heteroatoms. The van der Waals surface area contributed by atoms with Gasteiger partial charge >= 0.3 is 0 Å². The molecule has 3 rings (SSSR count). The van der Waals surface area contributed by atoms with Crippen molar-refractivity contribution >= 4 is 17.3 Å². The van der Waals surface area contributed by atoms with E-state index >= 15 is 0 Å². The van der Waals surface area contributed by atoms with Crippen LogP contribution in [0.2, 0.25) is 0 Å². The van der Waals surface area contributed by atoms with E-state index in [0.717, 1.165) is 24.7 Å².